The average molecular weight is 365 g/mol. The maximum absolute atomic E-state index is 10.2. The minimum absolute atomic E-state index is 0. The molecule has 0 fully saturated rings. The van der Waals surface area contributed by atoms with Crippen molar-refractivity contribution in [2.45, 2.75) is 18.7 Å². The zero-order chi connectivity index (χ0) is 16.3. The van der Waals surface area contributed by atoms with Gasteiger partial charge in [-0.25, -0.2) is 24.3 Å². The molecule has 0 spiro atoms. The summed E-state index contributed by atoms with van der Waals surface area (Å²) in [7, 11) is 0. The molecule has 3 aromatic rings. The Morgan fingerprint density at radius 1 is 0.958 bits per heavy atom. The Balaban J connectivity index is 0.000000412. The summed E-state index contributed by atoms with van der Waals surface area (Å²) in [4.78, 5) is 0. The second-order valence-corrected chi connectivity index (χ2v) is 5.28. The van der Waals surface area contributed by atoms with E-state index in [4.69, 9.17) is 0 Å². The Kier molecular flexibility index (Phi) is 10.0. The first kappa shape index (κ1) is 20.4. The summed E-state index contributed by atoms with van der Waals surface area (Å²) in [5.41, 5.74) is 1.96. The number of aliphatic hydroxyl groups is 2. The molecule has 0 saturated carbocycles. The number of benzene rings is 1. The number of hydrogen-bond acceptors (Lipinski definition) is 3. The predicted molar refractivity (Wildman–Crippen MR) is 93.2 cm³/mol. The summed E-state index contributed by atoms with van der Waals surface area (Å²) < 4.78 is 0. The first-order valence-electron chi connectivity index (χ1n) is 7.76. The van der Waals surface area contributed by atoms with Crippen LogP contribution in [0, 0.1) is 0 Å². The van der Waals surface area contributed by atoms with E-state index in [9.17, 15) is 10.2 Å². The van der Waals surface area contributed by atoms with Crippen LogP contribution in [0.3, 0.4) is 0 Å². The molecule has 4 heteroatoms. The number of rotatable bonds is 6. The summed E-state index contributed by atoms with van der Waals surface area (Å²) in [6.07, 6.45) is -0.703. The summed E-state index contributed by atoms with van der Waals surface area (Å²) in [6, 6.07) is 27.0. The van der Waals surface area contributed by atoms with E-state index in [-0.39, 0.29) is 29.7 Å². The molecule has 0 unspecified atom stereocenters. The van der Waals surface area contributed by atoms with E-state index < -0.39 is 6.10 Å². The van der Waals surface area contributed by atoms with Crippen molar-refractivity contribution in [1.82, 2.24) is 5.32 Å². The van der Waals surface area contributed by atoms with Gasteiger partial charge in [0.25, 0.3) is 0 Å². The zero-order valence-electron chi connectivity index (χ0n) is 13.4. The fourth-order valence-electron chi connectivity index (χ4n) is 2.26. The molecule has 3 nitrogen and oxygen atoms in total. The SMILES string of the molecule is OC[C@H](NC[c-]1cccc1)[C@@H](O)c1ccccc1.[Fe+2].c1cc[cH-]c1. The third-order valence-corrected chi connectivity index (χ3v) is 3.57. The molecule has 3 aromatic carbocycles. The van der Waals surface area contributed by atoms with Gasteiger partial charge in [-0.1, -0.05) is 30.3 Å². The van der Waals surface area contributed by atoms with Crippen LogP contribution in [-0.4, -0.2) is 22.9 Å². The molecule has 3 N–H and O–H groups in total. The van der Waals surface area contributed by atoms with Gasteiger partial charge in [-0.2, -0.15) is 30.3 Å². The van der Waals surface area contributed by atoms with Gasteiger partial charge in [0.1, 0.15) is 0 Å². The number of nitrogens with one attached hydrogen (secondary N) is 1. The molecule has 128 valence electrons. The molecule has 0 bridgehead atoms. The molecule has 24 heavy (non-hydrogen) atoms. The van der Waals surface area contributed by atoms with E-state index in [1.165, 1.54) is 0 Å². The van der Waals surface area contributed by atoms with Gasteiger partial charge in [0.05, 0.1) is 18.8 Å². The van der Waals surface area contributed by atoms with Crippen LogP contribution in [0.5, 0.6) is 0 Å². The Hall–Kier alpha value is -1.68. The van der Waals surface area contributed by atoms with Crippen LogP contribution in [0.25, 0.3) is 0 Å². The van der Waals surface area contributed by atoms with Gasteiger partial charge in [0.15, 0.2) is 0 Å². The summed E-state index contributed by atoms with van der Waals surface area (Å²) in [6.45, 7) is 0.541. The topological polar surface area (TPSA) is 52.5 Å². The van der Waals surface area contributed by atoms with E-state index in [2.05, 4.69) is 5.32 Å². The second-order valence-electron chi connectivity index (χ2n) is 5.28. The van der Waals surface area contributed by atoms with Gasteiger partial charge in [-0.05, 0) is 12.1 Å². The molecule has 0 saturated heterocycles. The maximum atomic E-state index is 10.2. The summed E-state index contributed by atoms with van der Waals surface area (Å²) in [5.74, 6) is 0. The van der Waals surface area contributed by atoms with Gasteiger partial charge >= 0.3 is 17.1 Å². The molecular weight excluding hydrogens is 342 g/mol. The van der Waals surface area contributed by atoms with Gasteiger partial charge in [0.2, 0.25) is 0 Å². The van der Waals surface area contributed by atoms with Gasteiger partial charge in [-0.3, -0.25) is 0 Å². The van der Waals surface area contributed by atoms with Crippen molar-refractivity contribution in [2.75, 3.05) is 6.61 Å². The molecule has 0 aliphatic carbocycles. The van der Waals surface area contributed by atoms with Crippen molar-refractivity contribution in [2.24, 2.45) is 0 Å². The number of aliphatic hydroxyl groups excluding tert-OH is 2. The van der Waals surface area contributed by atoms with Crippen LogP contribution in [0.2, 0.25) is 0 Å². The van der Waals surface area contributed by atoms with Crippen molar-refractivity contribution in [3.63, 3.8) is 0 Å². The summed E-state index contributed by atoms with van der Waals surface area (Å²) in [5, 5.41) is 22.7. The molecule has 0 radical (unpaired) electrons. The van der Waals surface area contributed by atoms with Crippen LogP contribution < -0.4 is 5.32 Å². The molecule has 0 aliphatic rings. The van der Waals surface area contributed by atoms with Crippen LogP contribution in [0.4, 0.5) is 0 Å². The van der Waals surface area contributed by atoms with Crippen LogP contribution >= 0.6 is 0 Å². The van der Waals surface area contributed by atoms with E-state index >= 15 is 0 Å². The number of hydrogen-bond donors (Lipinski definition) is 3. The van der Waals surface area contributed by atoms with Crippen LogP contribution in [0.15, 0.2) is 84.9 Å². The minimum Gasteiger partial charge on any atom is -0.395 e. The van der Waals surface area contributed by atoms with Gasteiger partial charge in [0, 0.05) is 0 Å². The second kappa shape index (κ2) is 11.8. The van der Waals surface area contributed by atoms with E-state index in [0.717, 1.165) is 11.1 Å². The monoisotopic (exact) mass is 365 g/mol. The maximum Gasteiger partial charge on any atom is 2.00 e. The van der Waals surface area contributed by atoms with E-state index in [1.807, 2.05) is 84.9 Å². The Labute approximate surface area is 154 Å². The first-order valence-corrected chi connectivity index (χ1v) is 7.76. The third-order valence-electron chi connectivity index (χ3n) is 3.57. The Morgan fingerprint density at radius 2 is 1.58 bits per heavy atom. The minimum atomic E-state index is -0.703. The molecule has 0 heterocycles. The molecule has 0 aromatic heterocycles. The summed E-state index contributed by atoms with van der Waals surface area (Å²) >= 11 is 0. The molecular formula is C20H23FeNO2. The van der Waals surface area contributed by atoms with Crippen molar-refractivity contribution in [3.8, 4) is 0 Å². The normalized spacial score (nSPS) is 12.4. The average Bonchev–Trinajstić information content (AvgIpc) is 3.32. The van der Waals surface area contributed by atoms with Crippen LogP contribution in [-0.2, 0) is 23.6 Å². The largest absolute Gasteiger partial charge is 2.00 e. The van der Waals surface area contributed by atoms with Crippen molar-refractivity contribution >= 4 is 0 Å². The van der Waals surface area contributed by atoms with Gasteiger partial charge < -0.3 is 15.5 Å². The van der Waals surface area contributed by atoms with Crippen molar-refractivity contribution < 1.29 is 27.3 Å². The predicted octanol–water partition coefficient (Wildman–Crippen LogP) is 2.99. The standard InChI is InChI=1S/C15H18NO2.C5H5.Fe/c17-11-14(16-10-12-6-4-5-7-12)15(18)13-8-2-1-3-9-13;1-2-4-5-3-1;/h1-9,14-18H,10-11H2;1-5H;/q2*-1;+2/t14-,15-;;/m0../s1. The van der Waals surface area contributed by atoms with E-state index in [1.54, 1.807) is 0 Å². The molecule has 2 atom stereocenters. The molecule has 3 rings (SSSR count). The van der Waals surface area contributed by atoms with Crippen molar-refractivity contribution in [1.29, 1.82) is 0 Å². The Morgan fingerprint density at radius 3 is 2.08 bits per heavy atom. The zero-order valence-corrected chi connectivity index (χ0v) is 14.5. The first-order chi connectivity index (χ1) is 11.3. The fraction of sp³-hybridized carbons (Fsp3) is 0.200. The smallest absolute Gasteiger partial charge is 0.395 e. The van der Waals surface area contributed by atoms with E-state index in [0.29, 0.717) is 6.54 Å². The van der Waals surface area contributed by atoms with Crippen LogP contribution in [0.1, 0.15) is 17.2 Å². The molecule has 0 aliphatic heterocycles. The fourth-order valence-corrected chi connectivity index (χ4v) is 2.26. The quantitative estimate of drug-likeness (QED) is 0.465. The van der Waals surface area contributed by atoms with Crippen molar-refractivity contribution in [3.05, 3.63) is 96.1 Å². The Bertz CT molecular complexity index is 591. The third kappa shape index (κ3) is 6.83. The van der Waals surface area contributed by atoms with Gasteiger partial charge in [-0.15, -0.1) is 5.56 Å². The molecule has 0 amide bonds.